The van der Waals surface area contributed by atoms with Gasteiger partial charge in [0.15, 0.2) is 11.4 Å². The van der Waals surface area contributed by atoms with E-state index in [0.717, 1.165) is 12.1 Å². The van der Waals surface area contributed by atoms with E-state index in [1.54, 1.807) is 23.5 Å². The van der Waals surface area contributed by atoms with Gasteiger partial charge in [0.2, 0.25) is 5.78 Å². The first-order chi connectivity index (χ1) is 8.69. The standard InChI is InChI=1S/C12H15N3O2S/c1-4-5-15-10(9(17-3)6-14-15)11(16)12-8(2)13-7-18-12/h6-7H,4-5H2,1-3H3. The first-order valence-electron chi connectivity index (χ1n) is 5.73. The molecule has 2 heterocycles. The highest BCUT2D eigenvalue weighted by Crippen LogP contribution is 2.24. The Kier molecular flexibility index (Phi) is 3.76. The van der Waals surface area contributed by atoms with Crippen molar-refractivity contribution in [3.8, 4) is 5.75 Å². The maximum Gasteiger partial charge on any atom is 0.226 e. The number of rotatable bonds is 5. The van der Waals surface area contributed by atoms with Crippen molar-refractivity contribution in [2.24, 2.45) is 0 Å². The molecule has 0 atom stereocenters. The molecular formula is C12H15N3O2S. The third kappa shape index (κ3) is 2.15. The molecule has 96 valence electrons. The van der Waals surface area contributed by atoms with Crippen LogP contribution in [0.4, 0.5) is 0 Å². The predicted molar refractivity (Wildman–Crippen MR) is 69.4 cm³/mol. The highest BCUT2D eigenvalue weighted by atomic mass is 32.1. The van der Waals surface area contributed by atoms with Crippen LogP contribution in [0.3, 0.4) is 0 Å². The minimum atomic E-state index is -0.0715. The first-order valence-corrected chi connectivity index (χ1v) is 6.61. The number of nitrogens with zero attached hydrogens (tertiary/aromatic N) is 3. The van der Waals surface area contributed by atoms with E-state index in [9.17, 15) is 4.79 Å². The fourth-order valence-corrected chi connectivity index (χ4v) is 2.50. The van der Waals surface area contributed by atoms with Crippen molar-refractivity contribution in [1.82, 2.24) is 14.8 Å². The van der Waals surface area contributed by atoms with Crippen LogP contribution in [0.15, 0.2) is 11.7 Å². The zero-order valence-corrected chi connectivity index (χ0v) is 11.5. The number of ether oxygens (including phenoxy) is 1. The smallest absolute Gasteiger partial charge is 0.226 e. The van der Waals surface area contributed by atoms with E-state index < -0.39 is 0 Å². The molecular weight excluding hydrogens is 250 g/mol. The van der Waals surface area contributed by atoms with E-state index in [1.165, 1.54) is 11.3 Å². The second-order valence-electron chi connectivity index (χ2n) is 3.88. The lowest BCUT2D eigenvalue weighted by Gasteiger charge is -2.06. The molecule has 2 rings (SSSR count). The molecule has 0 unspecified atom stereocenters. The van der Waals surface area contributed by atoms with Crippen molar-refractivity contribution in [2.75, 3.05) is 7.11 Å². The van der Waals surface area contributed by atoms with Crippen molar-refractivity contribution in [3.63, 3.8) is 0 Å². The minimum absolute atomic E-state index is 0.0715. The van der Waals surface area contributed by atoms with E-state index in [4.69, 9.17) is 4.74 Å². The Bertz CT molecular complexity index is 559. The second kappa shape index (κ2) is 5.30. The normalized spacial score (nSPS) is 10.6. The van der Waals surface area contributed by atoms with E-state index in [0.29, 0.717) is 22.9 Å². The third-order valence-corrected chi connectivity index (χ3v) is 3.56. The summed E-state index contributed by atoms with van der Waals surface area (Å²) in [6, 6.07) is 0. The summed E-state index contributed by atoms with van der Waals surface area (Å²) in [6.07, 6.45) is 2.49. The van der Waals surface area contributed by atoms with Gasteiger partial charge in [-0.15, -0.1) is 11.3 Å². The highest BCUT2D eigenvalue weighted by molar-refractivity contribution is 7.12. The maximum atomic E-state index is 12.5. The van der Waals surface area contributed by atoms with Gasteiger partial charge in [-0.1, -0.05) is 6.92 Å². The number of ketones is 1. The van der Waals surface area contributed by atoms with E-state index in [1.807, 2.05) is 13.8 Å². The molecule has 6 heteroatoms. The molecule has 0 aliphatic rings. The van der Waals surface area contributed by atoms with E-state index in [2.05, 4.69) is 10.1 Å². The van der Waals surface area contributed by atoms with Gasteiger partial charge in [-0.25, -0.2) is 4.98 Å². The minimum Gasteiger partial charge on any atom is -0.493 e. The topological polar surface area (TPSA) is 57.0 Å². The SMILES string of the molecule is CCCn1ncc(OC)c1C(=O)c1scnc1C. The number of hydrogen-bond acceptors (Lipinski definition) is 5. The summed E-state index contributed by atoms with van der Waals surface area (Å²) >= 11 is 1.34. The number of aryl methyl sites for hydroxylation is 2. The molecule has 2 aromatic heterocycles. The molecule has 2 aromatic rings. The molecule has 5 nitrogen and oxygen atoms in total. The number of hydrogen-bond donors (Lipinski definition) is 0. The number of carbonyl (C=O) groups is 1. The summed E-state index contributed by atoms with van der Waals surface area (Å²) in [7, 11) is 1.55. The monoisotopic (exact) mass is 265 g/mol. The zero-order valence-electron chi connectivity index (χ0n) is 10.6. The van der Waals surface area contributed by atoms with Crippen molar-refractivity contribution in [2.45, 2.75) is 26.8 Å². The predicted octanol–water partition coefficient (Wildman–Crippen LogP) is 2.30. The Labute approximate surface area is 109 Å². The van der Waals surface area contributed by atoms with Gasteiger partial charge in [0.25, 0.3) is 0 Å². The van der Waals surface area contributed by atoms with Crippen LogP contribution in [0.2, 0.25) is 0 Å². The lowest BCUT2D eigenvalue weighted by Crippen LogP contribution is -2.12. The van der Waals surface area contributed by atoms with Crippen LogP contribution in [0.1, 0.15) is 34.4 Å². The Morgan fingerprint density at radius 2 is 2.33 bits per heavy atom. The lowest BCUT2D eigenvalue weighted by atomic mass is 10.2. The van der Waals surface area contributed by atoms with Gasteiger partial charge >= 0.3 is 0 Å². The van der Waals surface area contributed by atoms with Crippen LogP contribution in [0.25, 0.3) is 0 Å². The van der Waals surface area contributed by atoms with Crippen molar-refractivity contribution < 1.29 is 9.53 Å². The third-order valence-electron chi connectivity index (χ3n) is 2.63. The summed E-state index contributed by atoms with van der Waals surface area (Å²) in [5.41, 5.74) is 2.93. The molecule has 0 aliphatic carbocycles. The molecule has 0 fully saturated rings. The summed E-state index contributed by atoms with van der Waals surface area (Å²) in [4.78, 5) is 17.2. The van der Waals surface area contributed by atoms with Gasteiger partial charge in [0.1, 0.15) is 0 Å². The van der Waals surface area contributed by atoms with Crippen LogP contribution in [-0.4, -0.2) is 27.7 Å². The Hall–Kier alpha value is -1.69. The van der Waals surface area contributed by atoms with Crippen LogP contribution < -0.4 is 4.74 Å². The summed E-state index contributed by atoms with van der Waals surface area (Å²) in [5, 5.41) is 4.19. The Morgan fingerprint density at radius 3 is 2.89 bits per heavy atom. The molecule has 0 saturated heterocycles. The van der Waals surface area contributed by atoms with E-state index >= 15 is 0 Å². The molecule has 0 radical (unpaired) electrons. The average molecular weight is 265 g/mol. The molecule has 0 bridgehead atoms. The molecule has 0 saturated carbocycles. The molecule has 0 amide bonds. The quantitative estimate of drug-likeness (QED) is 0.778. The summed E-state index contributed by atoms with van der Waals surface area (Å²) in [5.74, 6) is 0.444. The fourth-order valence-electron chi connectivity index (χ4n) is 1.76. The van der Waals surface area contributed by atoms with Gasteiger partial charge in [-0.2, -0.15) is 5.10 Å². The average Bonchev–Trinajstić information content (AvgIpc) is 2.95. The Balaban J connectivity index is 2.46. The molecule has 0 spiro atoms. The first kappa shape index (κ1) is 12.8. The van der Waals surface area contributed by atoms with Crippen LogP contribution in [0, 0.1) is 6.92 Å². The van der Waals surface area contributed by atoms with Gasteiger partial charge in [0.05, 0.1) is 29.4 Å². The molecule has 18 heavy (non-hydrogen) atoms. The van der Waals surface area contributed by atoms with Gasteiger partial charge in [-0.05, 0) is 13.3 Å². The van der Waals surface area contributed by atoms with Gasteiger partial charge in [0, 0.05) is 6.54 Å². The number of methoxy groups -OCH3 is 1. The lowest BCUT2D eigenvalue weighted by molar-refractivity contribution is 0.102. The largest absolute Gasteiger partial charge is 0.493 e. The molecule has 0 aliphatic heterocycles. The van der Waals surface area contributed by atoms with Crippen LogP contribution in [0.5, 0.6) is 5.75 Å². The van der Waals surface area contributed by atoms with Crippen LogP contribution in [-0.2, 0) is 6.54 Å². The fraction of sp³-hybridized carbons (Fsp3) is 0.417. The van der Waals surface area contributed by atoms with Crippen molar-refractivity contribution in [3.05, 3.63) is 28.0 Å². The molecule has 0 N–H and O–H groups in total. The zero-order chi connectivity index (χ0) is 13.1. The summed E-state index contributed by atoms with van der Waals surface area (Å²) in [6.45, 7) is 4.57. The molecule has 0 aromatic carbocycles. The second-order valence-corrected chi connectivity index (χ2v) is 4.74. The number of aromatic nitrogens is 3. The number of thiazole rings is 1. The van der Waals surface area contributed by atoms with Crippen molar-refractivity contribution >= 4 is 17.1 Å². The maximum absolute atomic E-state index is 12.5. The highest BCUT2D eigenvalue weighted by Gasteiger charge is 2.23. The Morgan fingerprint density at radius 1 is 1.56 bits per heavy atom. The van der Waals surface area contributed by atoms with Gasteiger partial charge in [-0.3, -0.25) is 9.48 Å². The van der Waals surface area contributed by atoms with E-state index in [-0.39, 0.29) is 5.78 Å². The number of carbonyl (C=O) groups excluding carboxylic acids is 1. The van der Waals surface area contributed by atoms with Crippen LogP contribution >= 0.6 is 11.3 Å². The summed E-state index contributed by atoms with van der Waals surface area (Å²) < 4.78 is 6.91. The van der Waals surface area contributed by atoms with Crippen molar-refractivity contribution in [1.29, 1.82) is 0 Å². The van der Waals surface area contributed by atoms with Gasteiger partial charge < -0.3 is 4.74 Å².